The SMILES string of the molecule is COc1cccc(-c2ccc(-c3cccc(NS(C)(=O)=O)c3)s2)c1. The molecule has 0 bridgehead atoms. The lowest BCUT2D eigenvalue weighted by Gasteiger charge is -2.05. The first-order valence-electron chi connectivity index (χ1n) is 7.27. The van der Waals surface area contributed by atoms with Crippen molar-refractivity contribution in [2.24, 2.45) is 0 Å². The third kappa shape index (κ3) is 3.96. The van der Waals surface area contributed by atoms with E-state index in [0.717, 1.165) is 32.9 Å². The highest BCUT2D eigenvalue weighted by Gasteiger charge is 2.08. The number of nitrogens with one attached hydrogen (secondary N) is 1. The Balaban J connectivity index is 1.92. The van der Waals surface area contributed by atoms with Gasteiger partial charge in [0.15, 0.2) is 0 Å². The van der Waals surface area contributed by atoms with Crippen LogP contribution in [0.15, 0.2) is 60.7 Å². The molecular weight excluding hydrogens is 342 g/mol. The van der Waals surface area contributed by atoms with Crippen molar-refractivity contribution < 1.29 is 13.2 Å². The molecule has 0 spiro atoms. The third-order valence-electron chi connectivity index (χ3n) is 3.41. The van der Waals surface area contributed by atoms with E-state index in [1.807, 2.05) is 48.5 Å². The van der Waals surface area contributed by atoms with Crippen LogP contribution in [0, 0.1) is 0 Å². The van der Waals surface area contributed by atoms with Crippen molar-refractivity contribution in [1.29, 1.82) is 0 Å². The van der Waals surface area contributed by atoms with Crippen LogP contribution >= 0.6 is 11.3 Å². The Labute approximate surface area is 145 Å². The summed E-state index contributed by atoms with van der Waals surface area (Å²) in [5, 5.41) is 0. The molecule has 1 aromatic heterocycles. The Morgan fingerprint density at radius 2 is 1.54 bits per heavy atom. The number of hydrogen-bond acceptors (Lipinski definition) is 4. The van der Waals surface area contributed by atoms with Crippen LogP contribution in [0.25, 0.3) is 20.9 Å². The van der Waals surface area contributed by atoms with E-state index < -0.39 is 10.0 Å². The minimum atomic E-state index is -3.28. The second kappa shape index (κ2) is 6.67. The summed E-state index contributed by atoms with van der Waals surface area (Å²) in [6.07, 6.45) is 1.14. The van der Waals surface area contributed by atoms with E-state index in [4.69, 9.17) is 4.74 Å². The summed E-state index contributed by atoms with van der Waals surface area (Å²) in [4.78, 5) is 2.20. The molecule has 0 radical (unpaired) electrons. The molecule has 0 aliphatic heterocycles. The summed E-state index contributed by atoms with van der Waals surface area (Å²) >= 11 is 1.65. The van der Waals surface area contributed by atoms with Gasteiger partial charge in [0.2, 0.25) is 10.0 Å². The normalized spacial score (nSPS) is 11.2. The number of methoxy groups -OCH3 is 1. The lowest BCUT2D eigenvalue weighted by Crippen LogP contribution is -2.09. The molecule has 0 unspecified atom stereocenters. The minimum Gasteiger partial charge on any atom is -0.497 e. The van der Waals surface area contributed by atoms with Crippen molar-refractivity contribution in [1.82, 2.24) is 0 Å². The van der Waals surface area contributed by atoms with Gasteiger partial charge in [-0.3, -0.25) is 4.72 Å². The van der Waals surface area contributed by atoms with Crippen LogP contribution in [0.5, 0.6) is 5.75 Å². The van der Waals surface area contributed by atoms with Crippen LogP contribution in [-0.4, -0.2) is 21.8 Å². The third-order valence-corrected chi connectivity index (χ3v) is 5.20. The fourth-order valence-electron chi connectivity index (χ4n) is 2.37. The summed E-state index contributed by atoms with van der Waals surface area (Å²) in [6.45, 7) is 0. The molecule has 2 aromatic carbocycles. The molecule has 3 aromatic rings. The number of sulfonamides is 1. The molecule has 0 atom stereocenters. The predicted molar refractivity (Wildman–Crippen MR) is 100 cm³/mol. The quantitative estimate of drug-likeness (QED) is 0.732. The average Bonchev–Trinajstić information content (AvgIpc) is 3.04. The summed E-state index contributed by atoms with van der Waals surface area (Å²) in [6, 6.07) is 19.4. The van der Waals surface area contributed by atoms with Crippen LogP contribution in [0.2, 0.25) is 0 Å². The van der Waals surface area contributed by atoms with Gasteiger partial charge in [0.05, 0.1) is 13.4 Å². The molecule has 0 amide bonds. The molecule has 1 N–H and O–H groups in total. The number of benzene rings is 2. The van der Waals surface area contributed by atoms with Gasteiger partial charge in [-0.1, -0.05) is 24.3 Å². The van der Waals surface area contributed by atoms with E-state index in [9.17, 15) is 8.42 Å². The van der Waals surface area contributed by atoms with Crippen LogP contribution in [0.3, 0.4) is 0 Å². The van der Waals surface area contributed by atoms with Gasteiger partial charge in [0, 0.05) is 15.4 Å². The zero-order chi connectivity index (χ0) is 17.2. The molecule has 0 fully saturated rings. The van der Waals surface area contributed by atoms with Crippen molar-refractivity contribution >= 4 is 27.0 Å². The summed E-state index contributed by atoms with van der Waals surface area (Å²) < 4.78 is 30.5. The Kier molecular flexibility index (Phi) is 4.59. The molecular formula is C18H17NO3S2. The standard InChI is InChI=1S/C18H17NO3S2/c1-22-16-8-4-6-14(12-16)18-10-9-17(23-18)13-5-3-7-15(11-13)19-24(2,20)21/h3-12,19H,1-2H3. The summed E-state index contributed by atoms with van der Waals surface area (Å²) in [7, 11) is -1.63. The van der Waals surface area contributed by atoms with Crippen molar-refractivity contribution in [3.8, 4) is 26.6 Å². The van der Waals surface area contributed by atoms with Gasteiger partial charge in [-0.2, -0.15) is 0 Å². The molecule has 124 valence electrons. The lowest BCUT2D eigenvalue weighted by atomic mass is 10.1. The zero-order valence-corrected chi connectivity index (χ0v) is 14.9. The van der Waals surface area contributed by atoms with E-state index >= 15 is 0 Å². The number of anilines is 1. The topological polar surface area (TPSA) is 55.4 Å². The monoisotopic (exact) mass is 359 g/mol. The van der Waals surface area contributed by atoms with Gasteiger partial charge >= 0.3 is 0 Å². The fraction of sp³-hybridized carbons (Fsp3) is 0.111. The van der Waals surface area contributed by atoms with Crippen LogP contribution < -0.4 is 9.46 Å². The Morgan fingerprint density at radius 1 is 0.917 bits per heavy atom. The van der Waals surface area contributed by atoms with Crippen molar-refractivity contribution in [2.45, 2.75) is 0 Å². The van der Waals surface area contributed by atoms with Crippen molar-refractivity contribution in [3.05, 3.63) is 60.7 Å². The van der Waals surface area contributed by atoms with Crippen LogP contribution in [-0.2, 0) is 10.0 Å². The minimum absolute atomic E-state index is 0.561. The highest BCUT2D eigenvalue weighted by molar-refractivity contribution is 7.92. The molecule has 0 saturated carbocycles. The van der Waals surface area contributed by atoms with Crippen LogP contribution in [0.1, 0.15) is 0 Å². The number of thiophene rings is 1. The van der Waals surface area contributed by atoms with Gasteiger partial charge in [-0.15, -0.1) is 11.3 Å². The first-order chi connectivity index (χ1) is 11.4. The van der Waals surface area contributed by atoms with Crippen LogP contribution in [0.4, 0.5) is 5.69 Å². The molecule has 4 nitrogen and oxygen atoms in total. The highest BCUT2D eigenvalue weighted by Crippen LogP contribution is 2.36. The predicted octanol–water partition coefficient (Wildman–Crippen LogP) is 4.46. The largest absolute Gasteiger partial charge is 0.497 e. The van der Waals surface area contributed by atoms with Gasteiger partial charge in [0.1, 0.15) is 5.75 Å². The first-order valence-corrected chi connectivity index (χ1v) is 9.98. The zero-order valence-electron chi connectivity index (χ0n) is 13.3. The average molecular weight is 359 g/mol. The van der Waals surface area contributed by atoms with E-state index in [2.05, 4.69) is 10.8 Å². The molecule has 6 heteroatoms. The molecule has 0 aliphatic carbocycles. The fourth-order valence-corrected chi connectivity index (χ4v) is 3.93. The Bertz CT molecular complexity index is 962. The number of ether oxygens (including phenoxy) is 1. The molecule has 3 rings (SSSR count). The smallest absolute Gasteiger partial charge is 0.229 e. The van der Waals surface area contributed by atoms with Gasteiger partial charge in [-0.05, 0) is 47.5 Å². The van der Waals surface area contributed by atoms with E-state index in [1.54, 1.807) is 24.5 Å². The molecule has 0 aliphatic rings. The summed E-state index contributed by atoms with van der Waals surface area (Å²) in [5.74, 6) is 0.821. The molecule has 0 saturated heterocycles. The number of rotatable bonds is 5. The molecule has 24 heavy (non-hydrogen) atoms. The molecule has 1 heterocycles. The first kappa shape index (κ1) is 16.5. The van der Waals surface area contributed by atoms with Crippen molar-refractivity contribution in [3.63, 3.8) is 0 Å². The Morgan fingerprint density at radius 3 is 2.17 bits per heavy atom. The maximum atomic E-state index is 11.4. The van der Waals surface area contributed by atoms with E-state index in [0.29, 0.717) is 5.69 Å². The second-order valence-electron chi connectivity index (χ2n) is 5.35. The van der Waals surface area contributed by atoms with Gasteiger partial charge < -0.3 is 4.74 Å². The van der Waals surface area contributed by atoms with E-state index in [1.165, 1.54) is 0 Å². The maximum absolute atomic E-state index is 11.4. The van der Waals surface area contributed by atoms with Crippen molar-refractivity contribution in [2.75, 3.05) is 18.1 Å². The Hall–Kier alpha value is -2.31. The summed E-state index contributed by atoms with van der Waals surface area (Å²) in [5.41, 5.74) is 2.63. The maximum Gasteiger partial charge on any atom is 0.229 e. The van der Waals surface area contributed by atoms with E-state index in [-0.39, 0.29) is 0 Å². The van der Waals surface area contributed by atoms with Gasteiger partial charge in [0.25, 0.3) is 0 Å². The van der Waals surface area contributed by atoms with Gasteiger partial charge in [-0.25, -0.2) is 8.42 Å². The second-order valence-corrected chi connectivity index (χ2v) is 8.18. The highest BCUT2D eigenvalue weighted by atomic mass is 32.2. The number of hydrogen-bond donors (Lipinski definition) is 1. The lowest BCUT2D eigenvalue weighted by molar-refractivity contribution is 0.415.